The molecule has 5 aromatic rings. The molecule has 9 nitrogen and oxygen atoms in total. The molecule has 0 aliphatic carbocycles. The lowest BCUT2D eigenvalue weighted by Gasteiger charge is -2.30. The van der Waals surface area contributed by atoms with E-state index in [-0.39, 0.29) is 16.5 Å². The van der Waals surface area contributed by atoms with E-state index in [0.717, 1.165) is 35.4 Å². The van der Waals surface area contributed by atoms with Crippen LogP contribution in [0.2, 0.25) is 0 Å². The Labute approximate surface area is 256 Å². The van der Waals surface area contributed by atoms with Crippen LogP contribution in [0.15, 0.2) is 113 Å². The van der Waals surface area contributed by atoms with E-state index in [1.165, 1.54) is 28.9 Å². The second-order valence-corrected chi connectivity index (χ2v) is 12.4. The summed E-state index contributed by atoms with van der Waals surface area (Å²) in [5.74, 6) is 0.526. The largest absolute Gasteiger partial charge is 0.489 e. The molecular weight excluding hydrogens is 576 g/mol. The van der Waals surface area contributed by atoms with E-state index in [9.17, 15) is 18.0 Å². The number of benzene rings is 4. The first kappa shape index (κ1) is 29.0. The van der Waals surface area contributed by atoms with Crippen molar-refractivity contribution in [2.24, 2.45) is 7.05 Å². The van der Waals surface area contributed by atoms with Crippen molar-refractivity contribution >= 4 is 27.3 Å². The third-order valence-electron chi connectivity index (χ3n) is 7.87. The fraction of sp³-hybridized carbons (Fsp3) is 0.176. The van der Waals surface area contributed by atoms with Crippen LogP contribution in [0.1, 0.15) is 33.6 Å². The lowest BCUT2D eigenvalue weighted by Crippen LogP contribution is -2.35. The van der Waals surface area contributed by atoms with Crippen LogP contribution >= 0.6 is 0 Å². The number of aryl methyl sites for hydroxylation is 1. The van der Waals surface area contributed by atoms with E-state index in [1.807, 2.05) is 54.6 Å². The van der Waals surface area contributed by atoms with Crippen LogP contribution in [0.4, 0.5) is 11.4 Å². The lowest BCUT2D eigenvalue weighted by molar-refractivity contribution is 0.0985. The molecule has 1 aromatic heterocycles. The van der Waals surface area contributed by atoms with E-state index in [0.29, 0.717) is 30.1 Å². The molecule has 10 heteroatoms. The molecule has 0 radical (unpaired) electrons. The number of ether oxygens (including phenoxy) is 1. The van der Waals surface area contributed by atoms with Gasteiger partial charge in [-0.2, -0.15) is 0 Å². The van der Waals surface area contributed by atoms with Crippen LogP contribution in [0, 0.1) is 6.92 Å². The fourth-order valence-corrected chi connectivity index (χ4v) is 6.54. The number of rotatable bonds is 8. The van der Waals surface area contributed by atoms with Gasteiger partial charge >= 0.3 is 0 Å². The number of hydrogen-bond donors (Lipinski definition) is 1. The van der Waals surface area contributed by atoms with E-state index in [1.54, 1.807) is 47.8 Å². The molecule has 0 fully saturated rings. The summed E-state index contributed by atoms with van der Waals surface area (Å²) in [4.78, 5) is 28.4. The molecule has 6 rings (SSSR count). The van der Waals surface area contributed by atoms with E-state index < -0.39 is 15.6 Å². The number of anilines is 2. The highest BCUT2D eigenvalue weighted by Gasteiger charge is 2.26. The minimum atomic E-state index is -4.11. The molecule has 0 saturated carbocycles. The number of aromatic nitrogens is 2. The third kappa shape index (κ3) is 5.63. The van der Waals surface area contributed by atoms with Crippen LogP contribution in [0.3, 0.4) is 0 Å². The Morgan fingerprint density at radius 3 is 2.30 bits per heavy atom. The number of hydrogen-bond acceptors (Lipinski definition) is 5. The summed E-state index contributed by atoms with van der Waals surface area (Å²) < 4.78 is 38.1. The van der Waals surface area contributed by atoms with Gasteiger partial charge in [0, 0.05) is 24.8 Å². The summed E-state index contributed by atoms with van der Waals surface area (Å²) >= 11 is 0. The molecule has 0 atom stereocenters. The maximum absolute atomic E-state index is 13.6. The van der Waals surface area contributed by atoms with Gasteiger partial charge in [0.05, 0.1) is 16.3 Å². The molecule has 1 amide bonds. The molecule has 224 valence electrons. The Morgan fingerprint density at radius 1 is 0.909 bits per heavy atom. The molecule has 0 bridgehead atoms. The van der Waals surface area contributed by atoms with Crippen molar-refractivity contribution in [3.8, 4) is 11.4 Å². The summed E-state index contributed by atoms with van der Waals surface area (Å²) in [5.41, 5.74) is 3.85. The molecule has 1 aliphatic heterocycles. The topological polar surface area (TPSA) is 103 Å². The molecule has 1 aliphatic rings. The standard InChI is InChI=1S/C34H32N4O5S/c1-24-32(34(40)38(36(24)2)28-13-7-4-8-14-28)35-44(41,42)30-18-15-26(16-19-30)33(39)37-21-9-12-27-22-29(17-20-31(27)37)43-23-25-10-5-3-6-11-25/h3-8,10-11,13-20,22,35H,9,12,21,23H2,1-2H3. The van der Waals surface area contributed by atoms with E-state index in [4.69, 9.17) is 4.74 Å². The zero-order valence-corrected chi connectivity index (χ0v) is 25.3. The third-order valence-corrected chi connectivity index (χ3v) is 9.23. The Hall–Kier alpha value is -5.09. The zero-order valence-electron chi connectivity index (χ0n) is 24.4. The number of carbonyl (C=O) groups excluding carboxylic acids is 1. The summed E-state index contributed by atoms with van der Waals surface area (Å²) in [7, 11) is -2.41. The van der Waals surface area contributed by atoms with Gasteiger partial charge in [0.2, 0.25) is 0 Å². The number of fused-ring (bicyclic) bond motifs is 1. The van der Waals surface area contributed by atoms with Crippen molar-refractivity contribution in [3.63, 3.8) is 0 Å². The molecule has 0 saturated heterocycles. The zero-order chi connectivity index (χ0) is 30.8. The second kappa shape index (κ2) is 11.9. The highest BCUT2D eigenvalue weighted by Crippen LogP contribution is 2.32. The second-order valence-electron chi connectivity index (χ2n) is 10.7. The van der Waals surface area contributed by atoms with Crippen LogP contribution in [0.5, 0.6) is 5.75 Å². The minimum Gasteiger partial charge on any atom is -0.489 e. The normalized spacial score (nSPS) is 12.9. The predicted octanol–water partition coefficient (Wildman–Crippen LogP) is 5.46. The number of para-hydroxylation sites is 1. The van der Waals surface area contributed by atoms with Gasteiger partial charge in [-0.1, -0.05) is 48.5 Å². The van der Waals surface area contributed by atoms with Gasteiger partial charge < -0.3 is 9.64 Å². The Morgan fingerprint density at radius 2 is 1.59 bits per heavy atom. The van der Waals surface area contributed by atoms with Crippen molar-refractivity contribution in [2.75, 3.05) is 16.2 Å². The smallest absolute Gasteiger partial charge is 0.296 e. The van der Waals surface area contributed by atoms with Crippen molar-refractivity contribution in [1.29, 1.82) is 0 Å². The highest BCUT2D eigenvalue weighted by molar-refractivity contribution is 7.92. The maximum atomic E-state index is 13.6. The van der Waals surface area contributed by atoms with Gasteiger partial charge in [-0.05, 0) is 85.5 Å². The fourth-order valence-electron chi connectivity index (χ4n) is 5.43. The first-order chi connectivity index (χ1) is 21.2. The Kier molecular flexibility index (Phi) is 7.84. The van der Waals surface area contributed by atoms with Gasteiger partial charge in [0.1, 0.15) is 18.0 Å². The van der Waals surface area contributed by atoms with Crippen molar-refractivity contribution in [1.82, 2.24) is 9.36 Å². The van der Waals surface area contributed by atoms with Crippen molar-refractivity contribution in [2.45, 2.75) is 31.3 Å². The van der Waals surface area contributed by atoms with Gasteiger partial charge in [-0.15, -0.1) is 0 Å². The van der Waals surface area contributed by atoms with Gasteiger partial charge in [0.15, 0.2) is 0 Å². The maximum Gasteiger partial charge on any atom is 0.296 e. The van der Waals surface area contributed by atoms with Crippen LogP contribution < -0.4 is 19.9 Å². The summed E-state index contributed by atoms with van der Waals surface area (Å²) in [6.45, 7) is 2.69. The Balaban J connectivity index is 1.19. The summed E-state index contributed by atoms with van der Waals surface area (Å²) in [5, 5.41) is 0. The first-order valence-corrected chi connectivity index (χ1v) is 15.8. The quantitative estimate of drug-likeness (QED) is 0.252. The SMILES string of the molecule is Cc1c(NS(=O)(=O)c2ccc(C(=O)N3CCCc4cc(OCc5ccccc5)ccc43)cc2)c(=O)n(-c2ccccc2)n1C. The van der Waals surface area contributed by atoms with Crippen molar-refractivity contribution in [3.05, 3.63) is 136 Å². The number of nitrogens with one attached hydrogen (secondary N) is 1. The molecule has 2 heterocycles. The molecule has 0 spiro atoms. The minimum absolute atomic E-state index is 0.0338. The van der Waals surface area contributed by atoms with Gasteiger partial charge in [0.25, 0.3) is 21.5 Å². The van der Waals surface area contributed by atoms with Crippen molar-refractivity contribution < 1.29 is 17.9 Å². The monoisotopic (exact) mass is 608 g/mol. The molecular formula is C34H32N4O5S. The number of carbonyl (C=O) groups is 1. The molecule has 44 heavy (non-hydrogen) atoms. The highest BCUT2D eigenvalue weighted by atomic mass is 32.2. The first-order valence-electron chi connectivity index (χ1n) is 14.3. The number of nitrogens with zero attached hydrogens (tertiary/aromatic N) is 3. The average molecular weight is 609 g/mol. The number of amides is 1. The van der Waals surface area contributed by atoms with E-state index in [2.05, 4.69) is 4.72 Å². The average Bonchev–Trinajstić information content (AvgIpc) is 3.26. The summed E-state index contributed by atoms with van der Waals surface area (Å²) in [6, 6.07) is 30.4. The van der Waals surface area contributed by atoms with E-state index >= 15 is 0 Å². The van der Waals surface area contributed by atoms with Crippen LogP contribution in [-0.4, -0.2) is 30.2 Å². The molecule has 0 unspecified atom stereocenters. The van der Waals surface area contributed by atoms with Crippen LogP contribution in [0.25, 0.3) is 5.69 Å². The molecule has 1 N–H and O–H groups in total. The van der Waals surface area contributed by atoms with Gasteiger partial charge in [-0.25, -0.2) is 13.1 Å². The summed E-state index contributed by atoms with van der Waals surface area (Å²) in [6.07, 6.45) is 1.63. The predicted molar refractivity (Wildman–Crippen MR) is 170 cm³/mol. The van der Waals surface area contributed by atoms with Gasteiger partial charge in [-0.3, -0.25) is 19.0 Å². The Bertz CT molecular complexity index is 1980. The van der Waals surface area contributed by atoms with Crippen LogP contribution in [-0.2, 0) is 30.1 Å². The number of sulfonamides is 1. The lowest BCUT2D eigenvalue weighted by atomic mass is 10.0. The molecule has 4 aromatic carbocycles.